The van der Waals surface area contributed by atoms with Crippen molar-refractivity contribution in [3.63, 3.8) is 0 Å². The van der Waals surface area contributed by atoms with E-state index in [-0.39, 0.29) is 17.2 Å². The zero-order valence-electron chi connectivity index (χ0n) is 7.55. The number of nitrogens with two attached hydrogens (primary N) is 1. The molecule has 0 saturated heterocycles. The SMILES string of the molecule is CC1CCC(C(N)=O)C1(C)C. The average Bonchev–Trinajstić information content (AvgIpc) is 2.08. The van der Waals surface area contributed by atoms with E-state index in [1.54, 1.807) is 0 Å². The fourth-order valence-corrected chi connectivity index (χ4v) is 2.01. The van der Waals surface area contributed by atoms with Crippen LogP contribution in [-0.4, -0.2) is 5.91 Å². The van der Waals surface area contributed by atoms with Crippen LogP contribution in [0.3, 0.4) is 0 Å². The molecule has 0 spiro atoms. The van der Waals surface area contributed by atoms with Gasteiger partial charge in [0.2, 0.25) is 5.91 Å². The van der Waals surface area contributed by atoms with Gasteiger partial charge in [-0.25, -0.2) is 0 Å². The van der Waals surface area contributed by atoms with Crippen LogP contribution < -0.4 is 5.73 Å². The summed E-state index contributed by atoms with van der Waals surface area (Å²) in [6.45, 7) is 6.48. The summed E-state index contributed by atoms with van der Waals surface area (Å²) in [4.78, 5) is 11.0. The van der Waals surface area contributed by atoms with E-state index < -0.39 is 0 Å². The number of hydrogen-bond acceptors (Lipinski definition) is 1. The molecule has 2 heteroatoms. The third-order valence-electron chi connectivity index (χ3n) is 3.40. The molecule has 0 radical (unpaired) electrons. The van der Waals surface area contributed by atoms with Crippen LogP contribution in [0.2, 0.25) is 0 Å². The molecule has 0 bridgehead atoms. The molecule has 0 aromatic carbocycles. The Labute approximate surface area is 68.2 Å². The Morgan fingerprint density at radius 3 is 2.18 bits per heavy atom. The van der Waals surface area contributed by atoms with Crippen molar-refractivity contribution in [2.45, 2.75) is 33.6 Å². The second-order valence-corrected chi connectivity index (χ2v) is 4.25. The molecule has 1 fully saturated rings. The van der Waals surface area contributed by atoms with E-state index >= 15 is 0 Å². The van der Waals surface area contributed by atoms with Crippen LogP contribution >= 0.6 is 0 Å². The quantitative estimate of drug-likeness (QED) is 0.613. The van der Waals surface area contributed by atoms with Crippen LogP contribution in [-0.2, 0) is 4.79 Å². The van der Waals surface area contributed by atoms with Crippen LogP contribution in [0.1, 0.15) is 33.6 Å². The van der Waals surface area contributed by atoms with Gasteiger partial charge in [0, 0.05) is 5.92 Å². The fraction of sp³-hybridized carbons (Fsp3) is 0.889. The first-order valence-electron chi connectivity index (χ1n) is 4.25. The van der Waals surface area contributed by atoms with Crippen molar-refractivity contribution in [2.75, 3.05) is 0 Å². The maximum absolute atomic E-state index is 11.0. The highest BCUT2D eigenvalue weighted by Gasteiger charge is 2.43. The van der Waals surface area contributed by atoms with Gasteiger partial charge in [-0.3, -0.25) is 4.79 Å². The summed E-state index contributed by atoms with van der Waals surface area (Å²) in [6, 6.07) is 0. The number of hydrogen-bond donors (Lipinski definition) is 1. The van der Waals surface area contributed by atoms with E-state index in [0.29, 0.717) is 5.92 Å². The van der Waals surface area contributed by atoms with Gasteiger partial charge >= 0.3 is 0 Å². The van der Waals surface area contributed by atoms with Crippen molar-refractivity contribution in [3.05, 3.63) is 0 Å². The van der Waals surface area contributed by atoms with Crippen molar-refractivity contribution < 1.29 is 4.79 Å². The Bertz CT molecular complexity index is 174. The first-order valence-corrected chi connectivity index (χ1v) is 4.25. The molecule has 0 heterocycles. The number of carbonyl (C=O) groups excluding carboxylic acids is 1. The van der Waals surface area contributed by atoms with Gasteiger partial charge in [-0.1, -0.05) is 20.8 Å². The summed E-state index contributed by atoms with van der Waals surface area (Å²) in [7, 11) is 0. The average molecular weight is 155 g/mol. The van der Waals surface area contributed by atoms with Gasteiger partial charge in [0.05, 0.1) is 0 Å². The summed E-state index contributed by atoms with van der Waals surface area (Å²) in [6.07, 6.45) is 2.12. The van der Waals surface area contributed by atoms with Gasteiger partial charge in [0.25, 0.3) is 0 Å². The van der Waals surface area contributed by atoms with Crippen molar-refractivity contribution >= 4 is 5.91 Å². The molecule has 1 aliphatic rings. The van der Waals surface area contributed by atoms with Gasteiger partial charge < -0.3 is 5.73 Å². The molecule has 0 aromatic heterocycles. The number of rotatable bonds is 1. The van der Waals surface area contributed by atoms with Crippen molar-refractivity contribution in [1.29, 1.82) is 0 Å². The number of primary amides is 1. The molecule has 1 aliphatic carbocycles. The van der Waals surface area contributed by atoms with Crippen LogP contribution in [0.5, 0.6) is 0 Å². The summed E-state index contributed by atoms with van der Waals surface area (Å²) < 4.78 is 0. The summed E-state index contributed by atoms with van der Waals surface area (Å²) >= 11 is 0. The predicted octanol–water partition coefficient (Wildman–Crippen LogP) is 1.54. The molecule has 0 aliphatic heterocycles. The lowest BCUT2D eigenvalue weighted by Gasteiger charge is -2.28. The smallest absolute Gasteiger partial charge is 0.221 e. The van der Waals surface area contributed by atoms with Gasteiger partial charge in [-0.2, -0.15) is 0 Å². The second kappa shape index (κ2) is 2.50. The van der Waals surface area contributed by atoms with E-state index in [0.717, 1.165) is 12.8 Å². The highest BCUT2D eigenvalue weighted by Crippen LogP contribution is 2.46. The van der Waals surface area contributed by atoms with Crippen LogP contribution in [0.4, 0.5) is 0 Å². The first-order chi connectivity index (χ1) is 4.96. The Morgan fingerprint density at radius 2 is 2.00 bits per heavy atom. The fourth-order valence-electron chi connectivity index (χ4n) is 2.01. The largest absolute Gasteiger partial charge is 0.369 e. The van der Waals surface area contributed by atoms with E-state index in [2.05, 4.69) is 20.8 Å². The third kappa shape index (κ3) is 1.26. The van der Waals surface area contributed by atoms with Gasteiger partial charge in [-0.15, -0.1) is 0 Å². The molecule has 2 atom stereocenters. The number of amides is 1. The van der Waals surface area contributed by atoms with E-state index in [1.165, 1.54) is 0 Å². The molecular weight excluding hydrogens is 138 g/mol. The Hall–Kier alpha value is -0.530. The summed E-state index contributed by atoms with van der Waals surface area (Å²) in [5.41, 5.74) is 5.41. The Kier molecular flexibility index (Phi) is 1.95. The van der Waals surface area contributed by atoms with Crippen LogP contribution in [0.25, 0.3) is 0 Å². The van der Waals surface area contributed by atoms with E-state index in [4.69, 9.17) is 5.73 Å². The predicted molar refractivity (Wildman–Crippen MR) is 44.9 cm³/mol. The molecule has 2 unspecified atom stereocenters. The van der Waals surface area contributed by atoms with E-state index in [9.17, 15) is 4.79 Å². The maximum atomic E-state index is 11.0. The zero-order chi connectivity index (χ0) is 8.65. The van der Waals surface area contributed by atoms with Gasteiger partial charge in [0.15, 0.2) is 0 Å². The molecule has 11 heavy (non-hydrogen) atoms. The van der Waals surface area contributed by atoms with Crippen molar-refractivity contribution in [1.82, 2.24) is 0 Å². The van der Waals surface area contributed by atoms with Crippen LogP contribution in [0.15, 0.2) is 0 Å². The highest BCUT2D eigenvalue weighted by molar-refractivity contribution is 5.77. The molecule has 1 saturated carbocycles. The van der Waals surface area contributed by atoms with Gasteiger partial charge in [0.1, 0.15) is 0 Å². The topological polar surface area (TPSA) is 43.1 Å². The minimum atomic E-state index is -0.126. The second-order valence-electron chi connectivity index (χ2n) is 4.25. The minimum absolute atomic E-state index is 0.0949. The molecule has 1 rings (SSSR count). The van der Waals surface area contributed by atoms with Crippen LogP contribution in [0, 0.1) is 17.3 Å². The molecule has 0 aromatic rings. The first kappa shape index (κ1) is 8.57. The lowest BCUT2D eigenvalue weighted by Crippen LogP contribution is -2.33. The highest BCUT2D eigenvalue weighted by atomic mass is 16.1. The maximum Gasteiger partial charge on any atom is 0.221 e. The normalized spacial score (nSPS) is 35.5. The Morgan fingerprint density at radius 1 is 1.45 bits per heavy atom. The molecule has 2 N–H and O–H groups in total. The molecule has 1 amide bonds. The zero-order valence-corrected chi connectivity index (χ0v) is 7.55. The third-order valence-corrected chi connectivity index (χ3v) is 3.40. The summed E-state index contributed by atoms with van der Waals surface area (Å²) in [5, 5.41) is 0. The summed E-state index contributed by atoms with van der Waals surface area (Å²) in [5.74, 6) is 0.594. The van der Waals surface area contributed by atoms with Crippen molar-refractivity contribution in [2.24, 2.45) is 23.0 Å². The number of carbonyl (C=O) groups is 1. The monoisotopic (exact) mass is 155 g/mol. The van der Waals surface area contributed by atoms with E-state index in [1.807, 2.05) is 0 Å². The van der Waals surface area contributed by atoms with Gasteiger partial charge in [-0.05, 0) is 24.2 Å². The van der Waals surface area contributed by atoms with Crippen molar-refractivity contribution in [3.8, 4) is 0 Å². The molecular formula is C9H17NO. The standard InChI is InChI=1S/C9H17NO/c1-6-4-5-7(8(10)11)9(6,2)3/h6-7H,4-5H2,1-3H3,(H2,10,11). The molecule has 64 valence electrons. The lowest BCUT2D eigenvalue weighted by atomic mass is 9.76. The minimum Gasteiger partial charge on any atom is -0.369 e. The lowest BCUT2D eigenvalue weighted by molar-refractivity contribution is -0.124. The Balaban J connectivity index is 2.78. The molecule has 2 nitrogen and oxygen atoms in total.